The number of carbonyl (C=O) groups excluding carboxylic acids is 1. The van der Waals surface area contributed by atoms with Crippen molar-refractivity contribution in [1.29, 1.82) is 0 Å². The average molecular weight is 221 g/mol. The van der Waals surface area contributed by atoms with Crippen LogP contribution in [0.5, 0.6) is 0 Å². The second kappa shape index (κ2) is 5.99. The molecule has 4 nitrogen and oxygen atoms in total. The summed E-state index contributed by atoms with van der Waals surface area (Å²) in [5.74, 6) is 3.00. The van der Waals surface area contributed by atoms with Gasteiger partial charge >= 0.3 is 5.97 Å². The Morgan fingerprint density at radius 2 is 2.44 bits per heavy atom. The molecule has 1 N–H and O–H groups in total. The number of ether oxygens (including phenoxy) is 1. The van der Waals surface area contributed by atoms with E-state index in [1.165, 1.54) is 7.11 Å². The fraction of sp³-hybridized carbons (Fsp3) is 0.417. The minimum Gasteiger partial charge on any atom is -0.463 e. The van der Waals surface area contributed by atoms with Gasteiger partial charge in [0, 0.05) is 12.5 Å². The van der Waals surface area contributed by atoms with Gasteiger partial charge < -0.3 is 14.5 Å². The smallest absolute Gasteiger partial charge is 0.373 e. The number of terminal acetylenes is 1. The minimum absolute atomic E-state index is 0.212. The van der Waals surface area contributed by atoms with Crippen LogP contribution in [-0.2, 0) is 11.3 Å². The molecule has 4 heteroatoms. The molecule has 86 valence electrons. The first-order valence-corrected chi connectivity index (χ1v) is 5.01. The first kappa shape index (κ1) is 12.3. The Hall–Kier alpha value is -1.73. The summed E-state index contributed by atoms with van der Waals surface area (Å²) in [5, 5.41) is 3.18. The summed E-state index contributed by atoms with van der Waals surface area (Å²) in [6, 6.07) is 3.55. The standard InChI is InChI=1S/C12H15NO3/c1-4-5-9(2)13-8-10-6-7-11(16-10)12(14)15-3/h1,6-7,9,13H,5,8H2,2-3H3. The molecule has 0 fully saturated rings. The van der Waals surface area contributed by atoms with E-state index in [2.05, 4.69) is 16.0 Å². The molecular weight excluding hydrogens is 206 g/mol. The molecule has 0 aliphatic heterocycles. The van der Waals surface area contributed by atoms with Crippen LogP contribution in [0.1, 0.15) is 29.7 Å². The van der Waals surface area contributed by atoms with Crippen LogP contribution in [0.15, 0.2) is 16.5 Å². The third-order valence-electron chi connectivity index (χ3n) is 2.10. The van der Waals surface area contributed by atoms with Gasteiger partial charge in [-0.15, -0.1) is 12.3 Å². The molecule has 1 aromatic heterocycles. The maximum absolute atomic E-state index is 11.1. The lowest BCUT2D eigenvalue weighted by atomic mass is 10.2. The maximum atomic E-state index is 11.1. The molecule has 0 aromatic carbocycles. The molecule has 0 saturated heterocycles. The van der Waals surface area contributed by atoms with Crippen molar-refractivity contribution in [1.82, 2.24) is 5.32 Å². The summed E-state index contributed by atoms with van der Waals surface area (Å²) in [5.41, 5.74) is 0. The Labute approximate surface area is 95.0 Å². The van der Waals surface area contributed by atoms with E-state index in [1.807, 2.05) is 6.92 Å². The molecule has 0 bridgehead atoms. The number of methoxy groups -OCH3 is 1. The first-order valence-electron chi connectivity index (χ1n) is 5.01. The van der Waals surface area contributed by atoms with Crippen LogP contribution in [-0.4, -0.2) is 19.1 Å². The minimum atomic E-state index is -0.470. The van der Waals surface area contributed by atoms with Crippen molar-refractivity contribution in [3.63, 3.8) is 0 Å². The second-order valence-electron chi connectivity index (χ2n) is 3.45. The molecule has 0 aliphatic carbocycles. The Balaban J connectivity index is 2.47. The Kier molecular flexibility index (Phi) is 4.62. The molecule has 1 heterocycles. The fourth-order valence-corrected chi connectivity index (χ4v) is 1.21. The Bertz CT molecular complexity index is 389. The van der Waals surface area contributed by atoms with Crippen molar-refractivity contribution in [2.75, 3.05) is 7.11 Å². The van der Waals surface area contributed by atoms with Crippen molar-refractivity contribution in [2.45, 2.75) is 25.9 Å². The van der Waals surface area contributed by atoms with Gasteiger partial charge in [-0.25, -0.2) is 4.79 Å². The van der Waals surface area contributed by atoms with Gasteiger partial charge in [-0.2, -0.15) is 0 Å². The van der Waals surface area contributed by atoms with Gasteiger partial charge in [-0.05, 0) is 19.1 Å². The molecule has 1 atom stereocenters. The van der Waals surface area contributed by atoms with Gasteiger partial charge in [-0.3, -0.25) is 0 Å². The van der Waals surface area contributed by atoms with Gasteiger partial charge in [0.2, 0.25) is 5.76 Å². The Morgan fingerprint density at radius 3 is 3.06 bits per heavy atom. The molecule has 1 aromatic rings. The number of carbonyl (C=O) groups is 1. The zero-order valence-corrected chi connectivity index (χ0v) is 9.45. The molecule has 0 aliphatic rings. The largest absolute Gasteiger partial charge is 0.463 e. The summed E-state index contributed by atoms with van der Waals surface area (Å²) >= 11 is 0. The molecule has 16 heavy (non-hydrogen) atoms. The molecule has 0 spiro atoms. The highest BCUT2D eigenvalue weighted by Crippen LogP contribution is 2.09. The predicted octanol–water partition coefficient (Wildman–Crippen LogP) is 1.57. The zero-order valence-electron chi connectivity index (χ0n) is 9.45. The van der Waals surface area contributed by atoms with Crippen LogP contribution in [0.3, 0.4) is 0 Å². The normalized spacial score (nSPS) is 11.8. The van der Waals surface area contributed by atoms with E-state index in [1.54, 1.807) is 12.1 Å². The van der Waals surface area contributed by atoms with Gasteiger partial charge in [0.15, 0.2) is 0 Å². The van der Waals surface area contributed by atoms with E-state index < -0.39 is 5.97 Å². The lowest BCUT2D eigenvalue weighted by Crippen LogP contribution is -2.24. The van der Waals surface area contributed by atoms with Crippen LogP contribution in [0, 0.1) is 12.3 Å². The first-order chi connectivity index (χ1) is 7.67. The van der Waals surface area contributed by atoms with Crippen LogP contribution in [0.4, 0.5) is 0 Å². The lowest BCUT2D eigenvalue weighted by molar-refractivity contribution is 0.0563. The van der Waals surface area contributed by atoms with E-state index in [0.717, 1.165) is 0 Å². The second-order valence-corrected chi connectivity index (χ2v) is 3.45. The molecule has 1 rings (SSSR count). The maximum Gasteiger partial charge on any atom is 0.373 e. The SMILES string of the molecule is C#CCC(C)NCc1ccc(C(=O)OC)o1. The fourth-order valence-electron chi connectivity index (χ4n) is 1.21. The summed E-state index contributed by atoms with van der Waals surface area (Å²) < 4.78 is 9.81. The quantitative estimate of drug-likeness (QED) is 0.605. The van der Waals surface area contributed by atoms with Crippen molar-refractivity contribution >= 4 is 5.97 Å². The molecular formula is C12H15NO3. The van der Waals surface area contributed by atoms with E-state index in [-0.39, 0.29) is 11.8 Å². The zero-order chi connectivity index (χ0) is 12.0. The van der Waals surface area contributed by atoms with Crippen molar-refractivity contribution in [2.24, 2.45) is 0 Å². The summed E-state index contributed by atoms with van der Waals surface area (Å²) in [7, 11) is 1.32. The number of esters is 1. The highest BCUT2D eigenvalue weighted by Gasteiger charge is 2.11. The highest BCUT2D eigenvalue weighted by atomic mass is 16.5. The lowest BCUT2D eigenvalue weighted by Gasteiger charge is -2.08. The van der Waals surface area contributed by atoms with Crippen molar-refractivity contribution < 1.29 is 13.9 Å². The number of hydrogen-bond acceptors (Lipinski definition) is 4. The van der Waals surface area contributed by atoms with Crippen LogP contribution < -0.4 is 5.32 Å². The van der Waals surface area contributed by atoms with Gasteiger partial charge in [0.1, 0.15) is 5.76 Å². The van der Waals surface area contributed by atoms with Gasteiger partial charge in [0.25, 0.3) is 0 Å². The third-order valence-corrected chi connectivity index (χ3v) is 2.10. The Morgan fingerprint density at radius 1 is 1.69 bits per heavy atom. The molecule has 0 radical (unpaired) electrons. The summed E-state index contributed by atoms with van der Waals surface area (Å²) in [6.07, 6.45) is 5.84. The highest BCUT2D eigenvalue weighted by molar-refractivity contribution is 5.86. The summed E-state index contributed by atoms with van der Waals surface area (Å²) in [4.78, 5) is 11.1. The van der Waals surface area contributed by atoms with E-state index in [0.29, 0.717) is 18.7 Å². The van der Waals surface area contributed by atoms with E-state index in [4.69, 9.17) is 10.8 Å². The number of rotatable bonds is 5. The molecule has 0 saturated carbocycles. The van der Waals surface area contributed by atoms with Crippen LogP contribution in [0.2, 0.25) is 0 Å². The number of nitrogens with one attached hydrogen (secondary N) is 1. The molecule has 0 amide bonds. The van der Waals surface area contributed by atoms with Gasteiger partial charge in [-0.1, -0.05) is 0 Å². The van der Waals surface area contributed by atoms with Crippen LogP contribution in [0.25, 0.3) is 0 Å². The number of hydrogen-bond donors (Lipinski definition) is 1. The predicted molar refractivity (Wildman–Crippen MR) is 59.8 cm³/mol. The van der Waals surface area contributed by atoms with E-state index in [9.17, 15) is 4.79 Å². The van der Waals surface area contributed by atoms with Gasteiger partial charge in [0.05, 0.1) is 13.7 Å². The monoisotopic (exact) mass is 221 g/mol. The molecule has 1 unspecified atom stereocenters. The van der Waals surface area contributed by atoms with E-state index >= 15 is 0 Å². The topological polar surface area (TPSA) is 51.5 Å². The van der Waals surface area contributed by atoms with Crippen LogP contribution >= 0.6 is 0 Å². The number of furan rings is 1. The van der Waals surface area contributed by atoms with Crippen molar-refractivity contribution in [3.8, 4) is 12.3 Å². The van der Waals surface area contributed by atoms with Crippen molar-refractivity contribution in [3.05, 3.63) is 23.7 Å². The third kappa shape index (κ3) is 3.44. The average Bonchev–Trinajstić information content (AvgIpc) is 2.74. The summed E-state index contributed by atoms with van der Waals surface area (Å²) in [6.45, 7) is 2.53.